The number of para-hydroxylation sites is 2. The molecule has 55 heavy (non-hydrogen) atoms. The van der Waals surface area contributed by atoms with E-state index in [0.29, 0.717) is 0 Å². The molecule has 11 rings (SSSR count). The molecule has 0 fully saturated rings. The van der Waals surface area contributed by atoms with Crippen molar-refractivity contribution in [2.75, 3.05) is 4.90 Å². The van der Waals surface area contributed by atoms with Crippen molar-refractivity contribution in [3.05, 3.63) is 200 Å². The van der Waals surface area contributed by atoms with Crippen LogP contribution < -0.4 is 4.90 Å². The normalized spacial score (nSPS) is 11.6. The van der Waals surface area contributed by atoms with Crippen LogP contribution in [0.1, 0.15) is 0 Å². The molecule has 0 unspecified atom stereocenters. The molecule has 3 heteroatoms. The molecule has 258 valence electrons. The Labute approximate surface area is 322 Å². The number of hydrogen-bond acceptors (Lipinski definition) is 3. The quantitative estimate of drug-likeness (QED) is 0.170. The van der Waals surface area contributed by atoms with Crippen LogP contribution in [0.25, 0.3) is 86.3 Å². The van der Waals surface area contributed by atoms with Crippen molar-refractivity contribution in [2.24, 2.45) is 0 Å². The van der Waals surface area contributed by atoms with Crippen molar-refractivity contribution in [2.45, 2.75) is 0 Å². The second kappa shape index (κ2) is 12.9. The Kier molecular flexibility index (Phi) is 7.39. The molecule has 0 saturated heterocycles. The van der Waals surface area contributed by atoms with Gasteiger partial charge in [-0.1, -0.05) is 146 Å². The summed E-state index contributed by atoms with van der Waals surface area (Å²) in [5.74, 6) is 0. The first-order chi connectivity index (χ1) is 27.2. The zero-order valence-electron chi connectivity index (χ0n) is 29.8. The maximum atomic E-state index is 6.72. The zero-order valence-corrected chi connectivity index (χ0v) is 30.6. The van der Waals surface area contributed by atoms with E-state index in [1.807, 2.05) is 17.4 Å². The number of nitrogens with zero attached hydrogens (tertiary/aromatic N) is 1. The van der Waals surface area contributed by atoms with Gasteiger partial charge in [0, 0.05) is 42.3 Å². The van der Waals surface area contributed by atoms with E-state index >= 15 is 0 Å². The minimum Gasteiger partial charge on any atom is -0.454 e. The van der Waals surface area contributed by atoms with E-state index in [9.17, 15) is 0 Å². The predicted molar refractivity (Wildman–Crippen MR) is 235 cm³/mol. The lowest BCUT2D eigenvalue weighted by atomic mass is 9.96. The number of hydrogen-bond donors (Lipinski definition) is 0. The summed E-state index contributed by atoms with van der Waals surface area (Å²) in [7, 11) is 0. The fourth-order valence-corrected chi connectivity index (χ4v) is 9.41. The number of fused-ring (bicyclic) bond motifs is 7. The summed E-state index contributed by atoms with van der Waals surface area (Å²) in [6.07, 6.45) is 0. The summed E-state index contributed by atoms with van der Waals surface area (Å²) in [6, 6.07) is 72.2. The summed E-state index contributed by atoms with van der Waals surface area (Å²) in [5, 5.41) is 7.28. The lowest BCUT2D eigenvalue weighted by molar-refractivity contribution is 0.669. The van der Waals surface area contributed by atoms with E-state index in [1.54, 1.807) is 0 Å². The summed E-state index contributed by atoms with van der Waals surface area (Å²) in [5.41, 5.74) is 11.9. The van der Waals surface area contributed by atoms with Crippen LogP contribution in [0.2, 0.25) is 0 Å². The Morgan fingerprint density at radius 1 is 0.382 bits per heavy atom. The number of thiophene rings is 1. The SMILES string of the molecule is c1ccc(-c2cc(-c3cccc4c3sc3ccccc34)cc(N(c3ccc(-c4ccc5ccccc5c4)cc3)c3cccc4c3oc3ccccc34)c2)cc1. The second-order valence-electron chi connectivity index (χ2n) is 14.1. The van der Waals surface area contributed by atoms with Crippen molar-refractivity contribution in [1.29, 1.82) is 0 Å². The average molecular weight is 720 g/mol. The lowest BCUT2D eigenvalue weighted by Crippen LogP contribution is -2.10. The van der Waals surface area contributed by atoms with Crippen molar-refractivity contribution in [1.82, 2.24) is 0 Å². The first-order valence-electron chi connectivity index (χ1n) is 18.7. The molecule has 2 aromatic heterocycles. The van der Waals surface area contributed by atoms with E-state index in [2.05, 4.69) is 199 Å². The van der Waals surface area contributed by atoms with E-state index in [-0.39, 0.29) is 0 Å². The first kappa shape index (κ1) is 31.6. The summed E-state index contributed by atoms with van der Waals surface area (Å²) >= 11 is 1.87. The predicted octanol–water partition coefficient (Wildman–Crippen LogP) is 15.6. The number of anilines is 3. The minimum absolute atomic E-state index is 0.862. The van der Waals surface area contributed by atoms with Crippen LogP contribution in [0.4, 0.5) is 17.1 Å². The molecule has 0 atom stereocenters. The Morgan fingerprint density at radius 2 is 1.05 bits per heavy atom. The highest BCUT2D eigenvalue weighted by atomic mass is 32.1. The Bertz CT molecular complexity index is 3210. The van der Waals surface area contributed by atoms with E-state index in [4.69, 9.17) is 4.42 Å². The average Bonchev–Trinajstić information content (AvgIpc) is 3.83. The van der Waals surface area contributed by atoms with Gasteiger partial charge in [-0.25, -0.2) is 0 Å². The lowest BCUT2D eigenvalue weighted by Gasteiger charge is -2.27. The van der Waals surface area contributed by atoms with Crippen molar-refractivity contribution < 1.29 is 4.42 Å². The third kappa shape index (κ3) is 5.40. The summed E-state index contributed by atoms with van der Waals surface area (Å²) in [6.45, 7) is 0. The largest absolute Gasteiger partial charge is 0.454 e. The Hall–Kier alpha value is -6.94. The van der Waals surface area contributed by atoms with Gasteiger partial charge in [-0.3, -0.25) is 0 Å². The van der Waals surface area contributed by atoms with Crippen LogP contribution in [0.15, 0.2) is 205 Å². The van der Waals surface area contributed by atoms with Gasteiger partial charge in [0.05, 0.1) is 5.69 Å². The maximum absolute atomic E-state index is 6.72. The maximum Gasteiger partial charge on any atom is 0.159 e. The first-order valence-corrected chi connectivity index (χ1v) is 19.5. The van der Waals surface area contributed by atoms with Gasteiger partial charge in [-0.2, -0.15) is 0 Å². The number of furan rings is 1. The van der Waals surface area contributed by atoms with Crippen molar-refractivity contribution in [3.8, 4) is 33.4 Å². The van der Waals surface area contributed by atoms with Crippen LogP contribution in [0.5, 0.6) is 0 Å². The molecular weight excluding hydrogens is 687 g/mol. The van der Waals surface area contributed by atoms with Gasteiger partial charge in [0.1, 0.15) is 5.58 Å². The van der Waals surface area contributed by atoms with Crippen molar-refractivity contribution in [3.63, 3.8) is 0 Å². The van der Waals surface area contributed by atoms with Crippen LogP contribution in [0.3, 0.4) is 0 Å². The second-order valence-corrected chi connectivity index (χ2v) is 15.2. The van der Waals surface area contributed by atoms with Gasteiger partial charge in [-0.05, 0) is 98.8 Å². The fourth-order valence-electron chi connectivity index (χ4n) is 8.18. The smallest absolute Gasteiger partial charge is 0.159 e. The van der Waals surface area contributed by atoms with Crippen LogP contribution in [0, 0.1) is 0 Å². The standard InChI is InChI=1S/C52H33NOS/c1-2-12-34(13-3-1)39-31-40(43-18-10-20-47-45-17-7-9-23-50(45)55-52(43)47)33-42(32-39)53(48-21-11-19-46-44-16-6-8-22-49(44)54-51(46)48)41-28-26-36(27-29-41)38-25-24-35-14-4-5-15-37(35)30-38/h1-33H. The molecule has 0 amide bonds. The number of rotatable bonds is 6. The molecule has 0 spiro atoms. The molecule has 0 radical (unpaired) electrons. The monoisotopic (exact) mass is 719 g/mol. The van der Waals surface area contributed by atoms with Gasteiger partial charge in [0.2, 0.25) is 0 Å². The van der Waals surface area contributed by atoms with Gasteiger partial charge in [0.15, 0.2) is 5.58 Å². The fraction of sp³-hybridized carbons (Fsp3) is 0. The molecule has 2 nitrogen and oxygen atoms in total. The molecule has 0 aliphatic heterocycles. The molecular formula is C52H33NOS. The third-order valence-corrected chi connectivity index (χ3v) is 12.1. The van der Waals surface area contributed by atoms with Crippen LogP contribution in [-0.4, -0.2) is 0 Å². The van der Waals surface area contributed by atoms with Gasteiger partial charge < -0.3 is 9.32 Å². The minimum atomic E-state index is 0.862. The number of benzene rings is 9. The van der Waals surface area contributed by atoms with Gasteiger partial charge in [0.25, 0.3) is 0 Å². The molecule has 0 bridgehead atoms. The highest BCUT2D eigenvalue weighted by molar-refractivity contribution is 7.26. The van der Waals surface area contributed by atoms with E-state index in [1.165, 1.54) is 58.8 Å². The van der Waals surface area contributed by atoms with Crippen molar-refractivity contribution >= 4 is 81.3 Å². The van der Waals surface area contributed by atoms with Crippen LogP contribution >= 0.6 is 11.3 Å². The summed E-state index contributed by atoms with van der Waals surface area (Å²) in [4.78, 5) is 2.37. The van der Waals surface area contributed by atoms with E-state index < -0.39 is 0 Å². The highest BCUT2D eigenvalue weighted by Crippen LogP contribution is 2.46. The Morgan fingerprint density at radius 3 is 1.95 bits per heavy atom. The Balaban J connectivity index is 1.15. The highest BCUT2D eigenvalue weighted by Gasteiger charge is 2.22. The molecule has 0 N–H and O–H groups in total. The van der Waals surface area contributed by atoms with Crippen LogP contribution in [-0.2, 0) is 0 Å². The third-order valence-electron chi connectivity index (χ3n) is 10.8. The molecule has 2 heterocycles. The van der Waals surface area contributed by atoms with E-state index in [0.717, 1.165) is 44.6 Å². The summed E-state index contributed by atoms with van der Waals surface area (Å²) < 4.78 is 9.32. The molecule has 0 aliphatic rings. The van der Waals surface area contributed by atoms with Gasteiger partial charge in [-0.15, -0.1) is 11.3 Å². The molecule has 0 aliphatic carbocycles. The van der Waals surface area contributed by atoms with Gasteiger partial charge >= 0.3 is 0 Å². The zero-order chi connectivity index (χ0) is 36.3. The molecule has 9 aromatic carbocycles. The molecule has 0 saturated carbocycles. The molecule has 11 aromatic rings. The topological polar surface area (TPSA) is 16.4 Å².